The number of nitrogens with one attached hydrogen (secondary N) is 1. The number of hydrogen-bond donors (Lipinski definition) is 1. The van der Waals surface area contributed by atoms with Crippen molar-refractivity contribution >= 4 is 0 Å². The van der Waals surface area contributed by atoms with Gasteiger partial charge in [-0.15, -0.1) is 0 Å². The molecule has 0 aliphatic heterocycles. The van der Waals surface area contributed by atoms with E-state index < -0.39 is 0 Å². The van der Waals surface area contributed by atoms with Crippen LogP contribution in [0.3, 0.4) is 0 Å². The lowest BCUT2D eigenvalue weighted by Gasteiger charge is -2.57. The van der Waals surface area contributed by atoms with E-state index in [9.17, 15) is 0 Å². The molecule has 4 fully saturated rings. The smallest absolute Gasteiger partial charge is 0.00965 e. The summed E-state index contributed by atoms with van der Waals surface area (Å²) in [5.74, 6) is 3.32. The van der Waals surface area contributed by atoms with Gasteiger partial charge in [0.25, 0.3) is 0 Å². The molecular formula is C16H29ClN-. The van der Waals surface area contributed by atoms with Crippen LogP contribution in [-0.4, -0.2) is 12.1 Å². The second-order valence-electron chi connectivity index (χ2n) is 8.34. The molecular weight excluding hydrogens is 242 g/mol. The van der Waals surface area contributed by atoms with Crippen LogP contribution in [0, 0.1) is 23.2 Å². The zero-order valence-electron chi connectivity index (χ0n) is 12.3. The van der Waals surface area contributed by atoms with E-state index in [0.29, 0.717) is 5.54 Å². The van der Waals surface area contributed by atoms with Gasteiger partial charge < -0.3 is 17.7 Å². The first-order chi connectivity index (χ1) is 7.94. The fourth-order valence-electron chi connectivity index (χ4n) is 5.30. The van der Waals surface area contributed by atoms with Crippen molar-refractivity contribution in [2.45, 2.75) is 71.3 Å². The summed E-state index contributed by atoms with van der Waals surface area (Å²) >= 11 is 0. The molecule has 0 amide bonds. The Bertz CT molecular complexity index is 257. The summed E-state index contributed by atoms with van der Waals surface area (Å²) in [6.07, 6.45) is 10.8. The third kappa shape index (κ3) is 3.04. The molecule has 106 valence electrons. The first-order valence-corrected chi connectivity index (χ1v) is 7.69. The molecule has 4 bridgehead atoms. The monoisotopic (exact) mass is 270 g/mol. The predicted octanol–water partition coefficient (Wildman–Crippen LogP) is 0.985. The standard InChI is InChI=1S/C16H29N.ClH/c1-15(2,3)17-5-4-16-9-12-6-13(10-16)8-14(7-12)11-16;/h12-14,17H,4-11H2,1-3H3;1H/p-1. The van der Waals surface area contributed by atoms with Gasteiger partial charge in [0.1, 0.15) is 0 Å². The molecule has 4 aliphatic rings. The normalized spacial score (nSPS) is 41.8. The Morgan fingerprint density at radius 1 is 0.944 bits per heavy atom. The van der Waals surface area contributed by atoms with Gasteiger partial charge in [0.2, 0.25) is 0 Å². The third-order valence-corrected chi connectivity index (χ3v) is 5.48. The lowest BCUT2D eigenvalue weighted by Crippen LogP contribution is -3.00. The Balaban J connectivity index is 0.00000120. The Morgan fingerprint density at radius 3 is 1.78 bits per heavy atom. The van der Waals surface area contributed by atoms with Gasteiger partial charge in [0, 0.05) is 5.54 Å². The van der Waals surface area contributed by atoms with Crippen LogP contribution in [0.15, 0.2) is 0 Å². The second-order valence-corrected chi connectivity index (χ2v) is 8.34. The molecule has 0 aromatic rings. The minimum absolute atomic E-state index is 0. The first kappa shape index (κ1) is 14.7. The van der Waals surface area contributed by atoms with Crippen molar-refractivity contribution in [3.8, 4) is 0 Å². The van der Waals surface area contributed by atoms with E-state index in [-0.39, 0.29) is 12.4 Å². The lowest BCUT2D eigenvalue weighted by molar-refractivity contribution is -0.0572. The summed E-state index contributed by atoms with van der Waals surface area (Å²) in [5, 5.41) is 3.70. The molecule has 0 unspecified atom stereocenters. The molecule has 1 N–H and O–H groups in total. The van der Waals surface area contributed by atoms with Gasteiger partial charge in [-0.1, -0.05) is 0 Å². The third-order valence-electron chi connectivity index (χ3n) is 5.48. The van der Waals surface area contributed by atoms with E-state index in [1.165, 1.54) is 13.0 Å². The summed E-state index contributed by atoms with van der Waals surface area (Å²) in [4.78, 5) is 0. The molecule has 4 aliphatic carbocycles. The van der Waals surface area contributed by atoms with Crippen LogP contribution in [0.4, 0.5) is 0 Å². The molecule has 1 nitrogen and oxygen atoms in total. The van der Waals surface area contributed by atoms with Crippen LogP contribution in [0.5, 0.6) is 0 Å². The Kier molecular flexibility index (Phi) is 4.05. The summed E-state index contributed by atoms with van der Waals surface area (Å²) in [6.45, 7) is 8.09. The minimum Gasteiger partial charge on any atom is -1.00 e. The van der Waals surface area contributed by atoms with Crippen molar-refractivity contribution < 1.29 is 12.4 Å². The zero-order valence-corrected chi connectivity index (χ0v) is 13.0. The van der Waals surface area contributed by atoms with Gasteiger partial charge in [-0.3, -0.25) is 0 Å². The fraction of sp³-hybridized carbons (Fsp3) is 1.00. The number of hydrogen-bond acceptors (Lipinski definition) is 1. The van der Waals surface area contributed by atoms with E-state index >= 15 is 0 Å². The summed E-state index contributed by atoms with van der Waals surface area (Å²) < 4.78 is 0. The van der Waals surface area contributed by atoms with Crippen LogP contribution in [0.2, 0.25) is 0 Å². The molecule has 4 saturated carbocycles. The highest BCUT2D eigenvalue weighted by atomic mass is 35.5. The molecule has 0 radical (unpaired) electrons. The molecule has 0 spiro atoms. The van der Waals surface area contributed by atoms with Crippen LogP contribution in [-0.2, 0) is 0 Å². The maximum Gasteiger partial charge on any atom is 0.00965 e. The van der Waals surface area contributed by atoms with Gasteiger partial charge in [-0.05, 0) is 95.4 Å². The van der Waals surface area contributed by atoms with Crippen LogP contribution >= 0.6 is 0 Å². The first-order valence-electron chi connectivity index (χ1n) is 7.69. The van der Waals surface area contributed by atoms with Crippen molar-refractivity contribution in [3.05, 3.63) is 0 Å². The van der Waals surface area contributed by atoms with E-state index in [1.807, 2.05) is 0 Å². The quantitative estimate of drug-likeness (QED) is 0.807. The topological polar surface area (TPSA) is 12.0 Å². The van der Waals surface area contributed by atoms with Gasteiger partial charge in [0.15, 0.2) is 0 Å². The maximum absolute atomic E-state index is 3.70. The van der Waals surface area contributed by atoms with Crippen LogP contribution in [0.1, 0.15) is 65.7 Å². The van der Waals surface area contributed by atoms with Crippen molar-refractivity contribution in [3.63, 3.8) is 0 Å². The largest absolute Gasteiger partial charge is 1.00 e. The number of rotatable bonds is 3. The highest BCUT2D eigenvalue weighted by Crippen LogP contribution is 2.61. The summed E-state index contributed by atoms with van der Waals surface area (Å²) in [7, 11) is 0. The van der Waals surface area contributed by atoms with Crippen LogP contribution in [0.25, 0.3) is 0 Å². The Morgan fingerprint density at radius 2 is 1.39 bits per heavy atom. The summed E-state index contributed by atoms with van der Waals surface area (Å²) in [6, 6.07) is 0. The van der Waals surface area contributed by atoms with Gasteiger partial charge in [0.05, 0.1) is 0 Å². The molecule has 0 saturated heterocycles. The highest BCUT2D eigenvalue weighted by Gasteiger charge is 2.50. The van der Waals surface area contributed by atoms with Crippen LogP contribution < -0.4 is 17.7 Å². The van der Waals surface area contributed by atoms with E-state index in [0.717, 1.165) is 23.2 Å². The number of halogens is 1. The zero-order chi connectivity index (χ0) is 12.1. The predicted molar refractivity (Wildman–Crippen MR) is 73.0 cm³/mol. The lowest BCUT2D eigenvalue weighted by atomic mass is 9.49. The van der Waals surface area contributed by atoms with Crippen molar-refractivity contribution in [1.82, 2.24) is 5.32 Å². The van der Waals surface area contributed by atoms with Gasteiger partial charge in [-0.25, -0.2) is 0 Å². The molecule has 2 heteroatoms. The second kappa shape index (κ2) is 4.98. The Hall–Kier alpha value is 0.250. The molecule has 4 rings (SSSR count). The van der Waals surface area contributed by atoms with Crippen molar-refractivity contribution in [2.75, 3.05) is 6.54 Å². The minimum atomic E-state index is 0. The van der Waals surface area contributed by atoms with Crippen molar-refractivity contribution in [2.24, 2.45) is 23.2 Å². The van der Waals surface area contributed by atoms with E-state index in [2.05, 4.69) is 26.1 Å². The molecule has 0 aromatic carbocycles. The maximum atomic E-state index is 3.70. The van der Waals surface area contributed by atoms with E-state index in [4.69, 9.17) is 0 Å². The molecule has 0 atom stereocenters. The molecule has 0 aromatic heterocycles. The van der Waals surface area contributed by atoms with E-state index in [1.54, 1.807) is 38.5 Å². The SMILES string of the molecule is CC(C)(C)NCCC12CC3CC(CC(C3)C1)C2.[Cl-]. The van der Waals surface area contributed by atoms with Crippen molar-refractivity contribution in [1.29, 1.82) is 0 Å². The highest BCUT2D eigenvalue weighted by molar-refractivity contribution is 5.01. The average Bonchev–Trinajstić information content (AvgIpc) is 2.11. The molecule has 18 heavy (non-hydrogen) atoms. The average molecular weight is 271 g/mol. The molecule has 0 heterocycles. The van der Waals surface area contributed by atoms with Gasteiger partial charge >= 0.3 is 0 Å². The summed E-state index contributed by atoms with van der Waals surface area (Å²) in [5.41, 5.74) is 1.05. The fourth-order valence-corrected chi connectivity index (χ4v) is 5.30. The van der Waals surface area contributed by atoms with Gasteiger partial charge in [-0.2, -0.15) is 0 Å². The Labute approximate surface area is 119 Å².